The average Bonchev–Trinajstić information content (AvgIpc) is 3.36. The van der Waals surface area contributed by atoms with Gasteiger partial charge < -0.3 is 19.9 Å². The number of hydrogen-bond donors (Lipinski definition) is 2. The predicted octanol–water partition coefficient (Wildman–Crippen LogP) is 5.17. The Morgan fingerprint density at radius 2 is 1.88 bits per heavy atom. The molecule has 34 heavy (non-hydrogen) atoms. The summed E-state index contributed by atoms with van der Waals surface area (Å²) in [6.45, 7) is 2.69. The Kier molecular flexibility index (Phi) is 6.49. The number of aromatic nitrogens is 2. The number of amides is 2. The van der Waals surface area contributed by atoms with Crippen molar-refractivity contribution in [2.45, 2.75) is 38.3 Å². The highest BCUT2D eigenvalue weighted by Crippen LogP contribution is 2.41. The molecule has 7 nitrogen and oxygen atoms in total. The van der Waals surface area contributed by atoms with Crippen molar-refractivity contribution in [1.29, 1.82) is 0 Å². The van der Waals surface area contributed by atoms with Crippen LogP contribution in [-0.2, 0) is 9.53 Å². The van der Waals surface area contributed by atoms with Gasteiger partial charge in [-0.25, -0.2) is 18.6 Å². The van der Waals surface area contributed by atoms with E-state index in [1.54, 1.807) is 32.0 Å². The summed E-state index contributed by atoms with van der Waals surface area (Å²) in [4.78, 5) is 33.7. The molecule has 0 radical (unpaired) electrons. The van der Waals surface area contributed by atoms with Crippen LogP contribution in [0.25, 0.3) is 22.2 Å². The number of methoxy groups -OCH3 is 1. The van der Waals surface area contributed by atoms with Gasteiger partial charge in [-0.05, 0) is 41.3 Å². The number of H-pyrrole nitrogens is 1. The molecule has 0 spiro atoms. The predicted molar refractivity (Wildman–Crippen MR) is 125 cm³/mol. The number of nitrogens with zero attached hydrogens (tertiary/aromatic N) is 2. The highest BCUT2D eigenvalue weighted by Gasteiger charge is 2.50. The second-order valence-corrected chi connectivity index (χ2v) is 9.20. The van der Waals surface area contributed by atoms with Gasteiger partial charge in [-0.3, -0.25) is 4.79 Å². The van der Waals surface area contributed by atoms with Gasteiger partial charge in [0, 0.05) is 11.4 Å². The molecule has 4 rings (SSSR count). The number of nitrogens with one attached hydrogen (secondary N) is 2. The SMILES string of the molecule is COC(=O)NC(C(=O)N1CC(F)(F)CC1c1nc2ccc(-c3ccc(Cl)cc3)cc2[nH]1)C(C)C. The molecule has 1 aliphatic heterocycles. The van der Waals surface area contributed by atoms with E-state index in [0.717, 1.165) is 16.0 Å². The fourth-order valence-electron chi connectivity index (χ4n) is 4.18. The van der Waals surface area contributed by atoms with Gasteiger partial charge in [-0.2, -0.15) is 0 Å². The van der Waals surface area contributed by atoms with Crippen molar-refractivity contribution in [3.05, 3.63) is 53.3 Å². The molecule has 2 N–H and O–H groups in total. The van der Waals surface area contributed by atoms with E-state index < -0.39 is 43.0 Å². The molecule has 180 valence electrons. The van der Waals surface area contributed by atoms with Gasteiger partial charge in [0.15, 0.2) is 0 Å². The third kappa shape index (κ3) is 4.84. The maximum atomic E-state index is 14.5. The van der Waals surface area contributed by atoms with E-state index in [1.807, 2.05) is 24.3 Å². The van der Waals surface area contributed by atoms with Crippen LogP contribution in [0.3, 0.4) is 0 Å². The van der Waals surface area contributed by atoms with Gasteiger partial charge in [0.1, 0.15) is 11.9 Å². The van der Waals surface area contributed by atoms with Gasteiger partial charge in [-0.1, -0.05) is 43.6 Å². The number of aromatic amines is 1. The van der Waals surface area contributed by atoms with E-state index in [1.165, 1.54) is 7.11 Å². The number of benzene rings is 2. The topological polar surface area (TPSA) is 87.3 Å². The zero-order valence-electron chi connectivity index (χ0n) is 18.9. The lowest BCUT2D eigenvalue weighted by Gasteiger charge is -2.29. The number of likely N-dealkylation sites (tertiary alicyclic amines) is 1. The summed E-state index contributed by atoms with van der Waals surface area (Å²) in [5.41, 5.74) is 3.12. The van der Waals surface area contributed by atoms with Crippen LogP contribution in [0.4, 0.5) is 13.6 Å². The molecule has 1 fully saturated rings. The summed E-state index contributed by atoms with van der Waals surface area (Å²) in [5, 5.41) is 3.09. The minimum atomic E-state index is -3.08. The van der Waals surface area contributed by atoms with Crippen molar-refractivity contribution in [2.75, 3.05) is 13.7 Å². The number of rotatable bonds is 5. The molecular weight excluding hydrogens is 466 g/mol. The number of imidazole rings is 1. The first kappa shape index (κ1) is 23.9. The summed E-state index contributed by atoms with van der Waals surface area (Å²) < 4.78 is 33.6. The van der Waals surface area contributed by atoms with Crippen molar-refractivity contribution >= 4 is 34.6 Å². The second kappa shape index (κ2) is 9.21. The zero-order chi connectivity index (χ0) is 24.6. The van der Waals surface area contributed by atoms with Gasteiger partial charge in [0.05, 0.1) is 30.7 Å². The number of halogens is 3. The van der Waals surface area contributed by atoms with Gasteiger partial charge in [-0.15, -0.1) is 0 Å². The van der Waals surface area contributed by atoms with Crippen LogP contribution < -0.4 is 5.32 Å². The molecule has 2 amide bonds. The summed E-state index contributed by atoms with van der Waals surface area (Å²) in [6, 6.07) is 10.9. The minimum Gasteiger partial charge on any atom is -0.453 e. The first-order valence-electron chi connectivity index (χ1n) is 10.9. The van der Waals surface area contributed by atoms with Crippen LogP contribution in [0.5, 0.6) is 0 Å². The number of alkyl carbamates (subject to hydrolysis) is 1. The monoisotopic (exact) mass is 490 g/mol. The Hall–Kier alpha value is -3.20. The number of hydrogen-bond acceptors (Lipinski definition) is 4. The van der Waals surface area contributed by atoms with Gasteiger partial charge >= 0.3 is 6.09 Å². The second-order valence-electron chi connectivity index (χ2n) is 8.76. The number of fused-ring (bicyclic) bond motifs is 1. The Morgan fingerprint density at radius 1 is 1.21 bits per heavy atom. The molecule has 2 heterocycles. The van der Waals surface area contributed by atoms with E-state index in [4.69, 9.17) is 11.6 Å². The van der Waals surface area contributed by atoms with E-state index >= 15 is 0 Å². The van der Waals surface area contributed by atoms with Crippen molar-refractivity contribution in [1.82, 2.24) is 20.2 Å². The lowest BCUT2D eigenvalue weighted by Crippen LogP contribution is -2.51. The maximum absolute atomic E-state index is 14.5. The van der Waals surface area contributed by atoms with E-state index in [2.05, 4.69) is 20.0 Å². The standard InChI is InChI=1S/C24H25ClF2N4O3/c1-13(2)20(30-23(33)34-3)22(32)31-12-24(26,27)11-19(31)21-28-17-9-6-15(10-18(17)29-21)14-4-7-16(25)8-5-14/h4-10,13,19-20H,11-12H2,1-3H3,(H,28,29)(H,30,33). The molecule has 2 unspecified atom stereocenters. The van der Waals surface area contributed by atoms with Crippen molar-refractivity contribution < 1.29 is 23.1 Å². The third-order valence-electron chi connectivity index (χ3n) is 5.94. The summed E-state index contributed by atoms with van der Waals surface area (Å²) in [5.74, 6) is -3.75. The quantitative estimate of drug-likeness (QED) is 0.516. The number of carbonyl (C=O) groups is 2. The molecule has 0 saturated carbocycles. The number of alkyl halides is 2. The van der Waals surface area contributed by atoms with Crippen LogP contribution in [-0.4, -0.2) is 52.5 Å². The molecule has 10 heteroatoms. The van der Waals surface area contributed by atoms with Crippen LogP contribution in [0.15, 0.2) is 42.5 Å². The summed E-state index contributed by atoms with van der Waals surface area (Å²) in [7, 11) is 1.18. The molecule has 1 aliphatic rings. The number of ether oxygens (including phenoxy) is 1. The van der Waals surface area contributed by atoms with Crippen molar-refractivity contribution in [3.63, 3.8) is 0 Å². The minimum absolute atomic E-state index is 0.273. The van der Waals surface area contributed by atoms with Crippen molar-refractivity contribution in [2.24, 2.45) is 5.92 Å². The van der Waals surface area contributed by atoms with Gasteiger partial charge in [0.2, 0.25) is 5.91 Å². The van der Waals surface area contributed by atoms with Gasteiger partial charge in [0.25, 0.3) is 5.92 Å². The Morgan fingerprint density at radius 3 is 2.53 bits per heavy atom. The van der Waals surface area contributed by atoms with E-state index in [0.29, 0.717) is 16.1 Å². The first-order valence-corrected chi connectivity index (χ1v) is 11.2. The highest BCUT2D eigenvalue weighted by atomic mass is 35.5. The van der Waals surface area contributed by atoms with Crippen LogP contribution in [0.1, 0.15) is 32.1 Å². The van der Waals surface area contributed by atoms with Crippen LogP contribution >= 0.6 is 11.6 Å². The molecule has 0 bridgehead atoms. The Balaban J connectivity index is 1.66. The highest BCUT2D eigenvalue weighted by molar-refractivity contribution is 6.30. The normalized spacial score (nSPS) is 18.3. The molecule has 2 aromatic carbocycles. The lowest BCUT2D eigenvalue weighted by molar-refractivity contribution is -0.136. The fourth-order valence-corrected chi connectivity index (χ4v) is 4.31. The average molecular weight is 491 g/mol. The molecule has 1 aromatic heterocycles. The molecule has 1 saturated heterocycles. The maximum Gasteiger partial charge on any atom is 0.407 e. The zero-order valence-corrected chi connectivity index (χ0v) is 19.7. The van der Waals surface area contributed by atoms with Crippen LogP contribution in [0.2, 0.25) is 5.02 Å². The molecule has 3 aromatic rings. The Labute approximate surface area is 200 Å². The third-order valence-corrected chi connectivity index (χ3v) is 6.19. The number of carbonyl (C=O) groups excluding carboxylic acids is 2. The van der Waals surface area contributed by atoms with E-state index in [-0.39, 0.29) is 11.7 Å². The van der Waals surface area contributed by atoms with Crippen molar-refractivity contribution in [3.8, 4) is 11.1 Å². The Bertz CT molecular complexity index is 1210. The van der Waals surface area contributed by atoms with E-state index in [9.17, 15) is 18.4 Å². The first-order chi connectivity index (χ1) is 16.1. The molecular formula is C24H25ClF2N4O3. The fraction of sp³-hybridized carbons (Fsp3) is 0.375. The molecule has 0 aliphatic carbocycles. The smallest absolute Gasteiger partial charge is 0.407 e. The van der Waals surface area contributed by atoms with Crippen LogP contribution in [0, 0.1) is 5.92 Å². The molecule has 2 atom stereocenters. The summed E-state index contributed by atoms with van der Waals surface area (Å²) >= 11 is 5.97. The summed E-state index contributed by atoms with van der Waals surface area (Å²) in [6.07, 6.45) is -1.36. The lowest BCUT2D eigenvalue weighted by atomic mass is 10.0. The largest absolute Gasteiger partial charge is 0.453 e.